The predicted octanol–water partition coefficient (Wildman–Crippen LogP) is 3.32. The molecule has 1 aliphatic carbocycles. The van der Waals surface area contributed by atoms with E-state index in [2.05, 4.69) is 21.2 Å². The molecule has 0 aromatic heterocycles. The molecule has 92 valence electrons. The zero-order valence-corrected chi connectivity index (χ0v) is 11.9. The van der Waals surface area contributed by atoms with Crippen LogP contribution < -0.4 is 5.32 Å². The number of carbonyl (C=O) groups is 1. The first kappa shape index (κ1) is 12.9. The van der Waals surface area contributed by atoms with Gasteiger partial charge in [-0.2, -0.15) is 0 Å². The molecular weight excluding hydrogens is 302 g/mol. The first-order valence-electron chi connectivity index (χ1n) is 5.75. The number of benzene rings is 1. The van der Waals surface area contributed by atoms with Gasteiger partial charge in [0.15, 0.2) is 0 Å². The summed E-state index contributed by atoms with van der Waals surface area (Å²) >= 11 is 9.28. The molecule has 1 fully saturated rings. The number of nitrogens with one attached hydrogen (secondary N) is 1. The molecule has 0 aliphatic heterocycles. The van der Waals surface area contributed by atoms with E-state index in [1.165, 1.54) is 6.42 Å². The van der Waals surface area contributed by atoms with Crippen LogP contribution in [0.4, 0.5) is 0 Å². The minimum atomic E-state index is 0.00348. The van der Waals surface area contributed by atoms with E-state index in [4.69, 9.17) is 11.6 Å². The second kappa shape index (κ2) is 5.40. The molecule has 1 saturated carbocycles. The van der Waals surface area contributed by atoms with E-state index < -0.39 is 0 Å². The molecule has 0 bridgehead atoms. The van der Waals surface area contributed by atoms with Crippen LogP contribution in [0.2, 0.25) is 5.02 Å². The molecule has 0 unspecified atom stereocenters. The van der Waals surface area contributed by atoms with E-state index in [1.54, 1.807) is 0 Å². The number of hydrogen-bond donors (Lipinski definition) is 1. The summed E-state index contributed by atoms with van der Waals surface area (Å²) in [5.41, 5.74) is 1.000. The highest BCUT2D eigenvalue weighted by molar-refractivity contribution is 9.09. The van der Waals surface area contributed by atoms with Gasteiger partial charge in [0.1, 0.15) is 0 Å². The van der Waals surface area contributed by atoms with Crippen molar-refractivity contribution in [2.24, 2.45) is 0 Å². The molecule has 0 atom stereocenters. The molecule has 1 aromatic carbocycles. The number of carbonyl (C=O) groups excluding carboxylic acids is 1. The van der Waals surface area contributed by atoms with Gasteiger partial charge in [-0.25, -0.2) is 0 Å². The summed E-state index contributed by atoms with van der Waals surface area (Å²) in [6.07, 6.45) is 3.77. The minimum absolute atomic E-state index is 0.00348. The van der Waals surface area contributed by atoms with Gasteiger partial charge in [-0.15, -0.1) is 0 Å². The van der Waals surface area contributed by atoms with Crippen molar-refractivity contribution >= 4 is 33.4 Å². The Morgan fingerprint density at radius 2 is 2.00 bits per heavy atom. The van der Waals surface area contributed by atoms with Gasteiger partial charge in [0, 0.05) is 15.9 Å². The predicted molar refractivity (Wildman–Crippen MR) is 73.7 cm³/mol. The highest BCUT2D eigenvalue weighted by atomic mass is 79.9. The van der Waals surface area contributed by atoms with Gasteiger partial charge in [-0.3, -0.25) is 4.79 Å². The molecule has 0 heterocycles. The lowest BCUT2D eigenvalue weighted by atomic mass is 9.78. The van der Waals surface area contributed by atoms with E-state index in [0.29, 0.717) is 11.4 Å². The molecule has 0 spiro atoms. The van der Waals surface area contributed by atoms with Gasteiger partial charge >= 0.3 is 0 Å². The first-order chi connectivity index (χ1) is 8.13. The van der Waals surface area contributed by atoms with Crippen LogP contribution in [0.3, 0.4) is 0 Å². The maximum atomic E-state index is 11.9. The zero-order valence-electron chi connectivity index (χ0n) is 9.51. The second-order valence-corrected chi connectivity index (χ2v) is 5.62. The lowest BCUT2D eigenvalue weighted by Gasteiger charge is -2.41. The minimum Gasteiger partial charge on any atom is -0.350 e. The molecule has 1 amide bonds. The van der Waals surface area contributed by atoms with Crippen LogP contribution in [-0.2, 0) is 11.2 Å². The smallest absolute Gasteiger partial charge is 0.224 e. The van der Waals surface area contributed by atoms with E-state index in [0.717, 1.165) is 23.7 Å². The summed E-state index contributed by atoms with van der Waals surface area (Å²) in [6, 6.07) is 7.41. The van der Waals surface area contributed by atoms with Crippen molar-refractivity contribution in [3.63, 3.8) is 0 Å². The highest BCUT2D eigenvalue weighted by Gasteiger charge is 2.36. The fourth-order valence-electron chi connectivity index (χ4n) is 2.02. The summed E-state index contributed by atoms with van der Waals surface area (Å²) in [5.74, 6) is 0.0893. The van der Waals surface area contributed by atoms with Gasteiger partial charge in [0.25, 0.3) is 0 Å². The Kier molecular flexibility index (Phi) is 4.10. The molecule has 2 rings (SSSR count). The molecule has 0 saturated heterocycles. The van der Waals surface area contributed by atoms with Crippen molar-refractivity contribution in [2.75, 3.05) is 5.33 Å². The summed E-state index contributed by atoms with van der Waals surface area (Å²) in [7, 11) is 0. The van der Waals surface area contributed by atoms with Crippen molar-refractivity contribution in [2.45, 2.75) is 31.2 Å². The highest BCUT2D eigenvalue weighted by Crippen LogP contribution is 2.33. The summed E-state index contributed by atoms with van der Waals surface area (Å²) in [5, 5.41) is 4.66. The Balaban J connectivity index is 1.91. The molecule has 2 nitrogen and oxygen atoms in total. The number of amides is 1. The maximum absolute atomic E-state index is 11.9. The quantitative estimate of drug-likeness (QED) is 0.848. The summed E-state index contributed by atoms with van der Waals surface area (Å²) in [4.78, 5) is 11.9. The van der Waals surface area contributed by atoms with Gasteiger partial charge < -0.3 is 5.32 Å². The van der Waals surface area contributed by atoms with Gasteiger partial charge in [-0.1, -0.05) is 39.7 Å². The van der Waals surface area contributed by atoms with Crippen LogP contribution in [0, 0.1) is 0 Å². The fraction of sp³-hybridized carbons (Fsp3) is 0.462. The van der Waals surface area contributed by atoms with Crippen LogP contribution in [0.1, 0.15) is 24.8 Å². The van der Waals surface area contributed by atoms with Crippen LogP contribution >= 0.6 is 27.5 Å². The average molecular weight is 317 g/mol. The maximum Gasteiger partial charge on any atom is 0.224 e. The van der Waals surface area contributed by atoms with E-state index in [9.17, 15) is 4.79 Å². The van der Waals surface area contributed by atoms with Gasteiger partial charge in [-0.05, 0) is 37.0 Å². The van der Waals surface area contributed by atoms with E-state index >= 15 is 0 Å². The lowest BCUT2D eigenvalue weighted by Crippen LogP contribution is -2.55. The van der Waals surface area contributed by atoms with Gasteiger partial charge in [0.2, 0.25) is 5.91 Å². The molecular formula is C13H15BrClNO. The molecule has 4 heteroatoms. The third kappa shape index (κ3) is 3.23. The topological polar surface area (TPSA) is 29.1 Å². The van der Waals surface area contributed by atoms with E-state index in [-0.39, 0.29) is 11.4 Å². The van der Waals surface area contributed by atoms with Crippen LogP contribution in [0.25, 0.3) is 0 Å². The largest absolute Gasteiger partial charge is 0.350 e. The Morgan fingerprint density at radius 3 is 2.47 bits per heavy atom. The van der Waals surface area contributed by atoms with Crippen LogP contribution in [-0.4, -0.2) is 16.8 Å². The van der Waals surface area contributed by atoms with Crippen molar-refractivity contribution in [3.05, 3.63) is 34.9 Å². The standard InChI is InChI=1S/C13H15BrClNO/c14-9-13(6-1-7-13)16-12(17)8-10-2-4-11(15)5-3-10/h2-5H,1,6-9H2,(H,16,17). The molecule has 1 N–H and O–H groups in total. The third-order valence-electron chi connectivity index (χ3n) is 3.25. The van der Waals surface area contributed by atoms with E-state index in [1.807, 2.05) is 24.3 Å². The van der Waals surface area contributed by atoms with Crippen molar-refractivity contribution < 1.29 is 4.79 Å². The Hall–Kier alpha value is -0.540. The number of hydrogen-bond acceptors (Lipinski definition) is 1. The molecule has 1 aromatic rings. The van der Waals surface area contributed by atoms with Gasteiger partial charge in [0.05, 0.1) is 6.42 Å². The fourth-order valence-corrected chi connectivity index (χ4v) is 2.85. The van der Waals surface area contributed by atoms with Crippen molar-refractivity contribution in [3.8, 4) is 0 Å². The Bertz CT molecular complexity index is 395. The lowest BCUT2D eigenvalue weighted by molar-refractivity contribution is -0.123. The third-order valence-corrected chi connectivity index (χ3v) is 4.57. The molecule has 17 heavy (non-hydrogen) atoms. The van der Waals surface area contributed by atoms with Crippen molar-refractivity contribution in [1.29, 1.82) is 0 Å². The number of halogens is 2. The van der Waals surface area contributed by atoms with Crippen molar-refractivity contribution in [1.82, 2.24) is 5.32 Å². The molecule has 0 radical (unpaired) electrons. The average Bonchev–Trinajstić information content (AvgIpc) is 2.27. The van der Waals surface area contributed by atoms with Crippen LogP contribution in [0.5, 0.6) is 0 Å². The van der Waals surface area contributed by atoms with Crippen LogP contribution in [0.15, 0.2) is 24.3 Å². The second-order valence-electron chi connectivity index (χ2n) is 4.62. The zero-order chi connectivity index (χ0) is 12.3. The SMILES string of the molecule is O=C(Cc1ccc(Cl)cc1)NC1(CBr)CCC1. The summed E-state index contributed by atoms with van der Waals surface area (Å²) in [6.45, 7) is 0. The normalized spacial score (nSPS) is 17.3. The number of rotatable bonds is 4. The monoisotopic (exact) mass is 315 g/mol. The Morgan fingerprint density at radius 1 is 1.35 bits per heavy atom. The number of alkyl halides is 1. The Labute approximate surface area is 115 Å². The summed E-state index contributed by atoms with van der Waals surface area (Å²) < 4.78 is 0. The molecule has 1 aliphatic rings. The first-order valence-corrected chi connectivity index (χ1v) is 7.25.